The number of halogens is 1. The van der Waals surface area contributed by atoms with Crippen molar-refractivity contribution in [2.75, 3.05) is 0 Å². The van der Waals surface area contributed by atoms with Crippen LogP contribution in [0.3, 0.4) is 0 Å². The van der Waals surface area contributed by atoms with Crippen LogP contribution in [0.4, 0.5) is 4.39 Å². The van der Waals surface area contributed by atoms with Gasteiger partial charge in [-0.1, -0.05) is 20.8 Å². The zero-order valence-corrected chi connectivity index (χ0v) is 13.3. The molecule has 1 aromatic carbocycles. The molecule has 7 heteroatoms. The molecule has 124 valence electrons. The van der Waals surface area contributed by atoms with Crippen molar-refractivity contribution in [3.05, 3.63) is 29.8 Å². The van der Waals surface area contributed by atoms with Gasteiger partial charge in [-0.05, 0) is 30.4 Å². The zero-order chi connectivity index (χ0) is 17.2. The molecule has 1 atom stereocenters. The average molecular weight is 321 g/mol. The van der Waals surface area contributed by atoms with Gasteiger partial charge in [0.05, 0.1) is 17.4 Å². The number of imidazole rings is 1. The number of nitrogens with zero attached hydrogens (tertiary/aromatic N) is 1. The van der Waals surface area contributed by atoms with E-state index in [9.17, 15) is 19.1 Å². The molecule has 0 fully saturated rings. The molecule has 6 nitrogen and oxygen atoms in total. The number of amides is 1. The first-order chi connectivity index (χ1) is 10.7. The Morgan fingerprint density at radius 2 is 2.09 bits per heavy atom. The third-order valence-corrected chi connectivity index (χ3v) is 3.52. The topological polar surface area (TPSA) is 95.1 Å². The molecule has 2 aromatic rings. The minimum absolute atomic E-state index is 0.0169. The Morgan fingerprint density at radius 1 is 1.39 bits per heavy atom. The van der Waals surface area contributed by atoms with Crippen molar-refractivity contribution < 1.29 is 19.1 Å². The summed E-state index contributed by atoms with van der Waals surface area (Å²) in [7, 11) is 0. The number of hydrogen-bond donors (Lipinski definition) is 3. The number of aromatic nitrogens is 2. The second-order valence-electron chi connectivity index (χ2n) is 6.72. The number of benzene rings is 1. The number of fused-ring (bicyclic) bond motifs is 1. The summed E-state index contributed by atoms with van der Waals surface area (Å²) in [6.45, 7) is 5.98. The molecule has 1 amide bonds. The van der Waals surface area contributed by atoms with Crippen LogP contribution >= 0.6 is 0 Å². The molecule has 0 bridgehead atoms. The minimum Gasteiger partial charge on any atom is -0.480 e. The van der Waals surface area contributed by atoms with E-state index in [0.29, 0.717) is 23.9 Å². The zero-order valence-electron chi connectivity index (χ0n) is 13.3. The van der Waals surface area contributed by atoms with Crippen LogP contribution in [-0.4, -0.2) is 33.0 Å². The van der Waals surface area contributed by atoms with Crippen molar-refractivity contribution in [3.63, 3.8) is 0 Å². The van der Waals surface area contributed by atoms with E-state index in [0.717, 1.165) is 6.07 Å². The van der Waals surface area contributed by atoms with Gasteiger partial charge in [0.25, 0.3) is 5.91 Å². The van der Waals surface area contributed by atoms with Gasteiger partial charge in [-0.3, -0.25) is 4.79 Å². The number of hydrogen-bond acceptors (Lipinski definition) is 3. The molecule has 2 rings (SSSR count). The summed E-state index contributed by atoms with van der Waals surface area (Å²) in [5.74, 6) is -2.35. The van der Waals surface area contributed by atoms with E-state index in [-0.39, 0.29) is 11.0 Å². The van der Waals surface area contributed by atoms with Gasteiger partial charge in [0, 0.05) is 0 Å². The van der Waals surface area contributed by atoms with E-state index in [1.807, 2.05) is 20.8 Å². The maximum absolute atomic E-state index is 13.6. The highest BCUT2D eigenvalue weighted by Gasteiger charge is 2.24. The lowest BCUT2D eigenvalue weighted by molar-refractivity contribution is -0.139. The Balaban J connectivity index is 2.20. The summed E-state index contributed by atoms with van der Waals surface area (Å²) in [5, 5.41) is 11.7. The van der Waals surface area contributed by atoms with Crippen molar-refractivity contribution in [2.24, 2.45) is 5.41 Å². The lowest BCUT2D eigenvalue weighted by Crippen LogP contribution is -2.41. The molecule has 0 aliphatic carbocycles. The smallest absolute Gasteiger partial charge is 0.326 e. The Kier molecular flexibility index (Phi) is 4.68. The Morgan fingerprint density at radius 3 is 2.70 bits per heavy atom. The van der Waals surface area contributed by atoms with Gasteiger partial charge >= 0.3 is 5.97 Å². The predicted octanol–water partition coefficient (Wildman–Crippen LogP) is 2.71. The van der Waals surface area contributed by atoms with E-state index in [4.69, 9.17) is 0 Å². The van der Waals surface area contributed by atoms with Crippen molar-refractivity contribution in [3.8, 4) is 0 Å². The summed E-state index contributed by atoms with van der Waals surface area (Å²) in [4.78, 5) is 30.4. The Bertz CT molecular complexity index is 734. The third kappa shape index (κ3) is 4.28. The third-order valence-electron chi connectivity index (χ3n) is 3.52. The lowest BCUT2D eigenvalue weighted by atomic mass is 9.88. The van der Waals surface area contributed by atoms with Gasteiger partial charge in [-0.25, -0.2) is 14.2 Å². The van der Waals surface area contributed by atoms with Crippen LogP contribution in [0.2, 0.25) is 0 Å². The van der Waals surface area contributed by atoms with Gasteiger partial charge in [0.1, 0.15) is 17.4 Å². The average Bonchev–Trinajstić information content (AvgIpc) is 2.88. The molecular weight excluding hydrogens is 301 g/mol. The van der Waals surface area contributed by atoms with Crippen molar-refractivity contribution >= 4 is 22.9 Å². The van der Waals surface area contributed by atoms with Gasteiger partial charge in [0.2, 0.25) is 0 Å². The van der Waals surface area contributed by atoms with Gasteiger partial charge < -0.3 is 15.4 Å². The molecule has 0 saturated carbocycles. The second kappa shape index (κ2) is 6.36. The molecule has 0 aliphatic rings. The molecule has 23 heavy (non-hydrogen) atoms. The van der Waals surface area contributed by atoms with Crippen LogP contribution in [0, 0.1) is 11.2 Å². The second-order valence-corrected chi connectivity index (χ2v) is 6.72. The maximum Gasteiger partial charge on any atom is 0.326 e. The van der Waals surface area contributed by atoms with Crippen LogP contribution in [0.1, 0.15) is 44.0 Å². The monoisotopic (exact) mass is 321 g/mol. The molecule has 1 heterocycles. The van der Waals surface area contributed by atoms with Crippen molar-refractivity contribution in [1.29, 1.82) is 0 Å². The van der Waals surface area contributed by atoms with E-state index in [2.05, 4.69) is 15.3 Å². The van der Waals surface area contributed by atoms with Crippen molar-refractivity contribution in [2.45, 2.75) is 39.7 Å². The quantitative estimate of drug-likeness (QED) is 0.789. The first-order valence-electron chi connectivity index (χ1n) is 7.34. The number of carboxylic acids is 1. The number of aliphatic carboxylic acids is 1. The summed E-state index contributed by atoms with van der Waals surface area (Å²) >= 11 is 0. The normalized spacial score (nSPS) is 13.0. The van der Waals surface area contributed by atoms with Crippen LogP contribution in [0.15, 0.2) is 18.5 Å². The fraction of sp³-hybridized carbons (Fsp3) is 0.438. The first kappa shape index (κ1) is 16.9. The SMILES string of the molecule is CC(C)(C)CCC(NC(=O)c1cc(F)cc2[nH]cnc12)C(=O)O. The molecule has 0 spiro atoms. The largest absolute Gasteiger partial charge is 0.480 e. The van der Waals surface area contributed by atoms with E-state index >= 15 is 0 Å². The number of H-pyrrole nitrogens is 1. The number of nitrogens with one attached hydrogen (secondary N) is 2. The fourth-order valence-corrected chi connectivity index (χ4v) is 2.26. The number of carbonyl (C=O) groups excluding carboxylic acids is 1. The maximum atomic E-state index is 13.6. The van der Waals surface area contributed by atoms with Gasteiger partial charge in [-0.15, -0.1) is 0 Å². The van der Waals surface area contributed by atoms with Gasteiger partial charge in [-0.2, -0.15) is 0 Å². The summed E-state index contributed by atoms with van der Waals surface area (Å²) in [6, 6.07) is 1.26. The molecule has 0 saturated heterocycles. The van der Waals surface area contributed by atoms with Crippen LogP contribution in [0.5, 0.6) is 0 Å². The molecule has 1 unspecified atom stereocenters. The lowest BCUT2D eigenvalue weighted by Gasteiger charge is -2.21. The van der Waals surface area contributed by atoms with Crippen LogP contribution in [-0.2, 0) is 4.79 Å². The highest BCUT2D eigenvalue weighted by molar-refractivity contribution is 6.05. The summed E-state index contributed by atoms with van der Waals surface area (Å²) in [6.07, 6.45) is 2.28. The minimum atomic E-state index is -1.11. The molecule has 0 aliphatic heterocycles. The molecular formula is C16H20FN3O3. The van der Waals surface area contributed by atoms with Gasteiger partial charge in [0.15, 0.2) is 0 Å². The van der Waals surface area contributed by atoms with E-state index in [1.165, 1.54) is 12.4 Å². The van der Waals surface area contributed by atoms with E-state index in [1.54, 1.807) is 0 Å². The Hall–Kier alpha value is -2.44. The number of carboxylic acid groups (broad SMARTS) is 1. The number of carbonyl (C=O) groups is 2. The molecule has 3 N–H and O–H groups in total. The summed E-state index contributed by atoms with van der Waals surface area (Å²) in [5.41, 5.74) is 0.663. The highest BCUT2D eigenvalue weighted by Crippen LogP contribution is 2.22. The predicted molar refractivity (Wildman–Crippen MR) is 83.6 cm³/mol. The van der Waals surface area contributed by atoms with Crippen LogP contribution in [0.25, 0.3) is 11.0 Å². The number of rotatable bonds is 5. The first-order valence-corrected chi connectivity index (χ1v) is 7.34. The molecule has 1 aromatic heterocycles. The van der Waals surface area contributed by atoms with Crippen molar-refractivity contribution in [1.82, 2.24) is 15.3 Å². The highest BCUT2D eigenvalue weighted by atomic mass is 19.1. The standard InChI is InChI=1S/C16H20FN3O3/c1-16(2,3)5-4-11(15(22)23)20-14(21)10-6-9(17)7-12-13(10)19-8-18-12/h6-8,11H,4-5H2,1-3H3,(H,18,19)(H,20,21)(H,22,23). The van der Waals surface area contributed by atoms with Crippen LogP contribution < -0.4 is 5.32 Å². The summed E-state index contributed by atoms with van der Waals surface area (Å²) < 4.78 is 13.6. The molecule has 0 radical (unpaired) electrons. The van der Waals surface area contributed by atoms with E-state index < -0.39 is 23.7 Å². The fourth-order valence-electron chi connectivity index (χ4n) is 2.26. The Labute approximate surface area is 133 Å². The number of aromatic amines is 1.